The summed E-state index contributed by atoms with van der Waals surface area (Å²) in [6.07, 6.45) is 0.227. The number of carbonyl (C=O) groups is 2. The molecule has 28 heavy (non-hydrogen) atoms. The SMILES string of the molecule is C[C@@]12NC(=O)[C@@H](C[C@]13C(=O)Nc1ccccc13)n1c2nc2ccccc2c1=O. The number of fused-ring (bicyclic) bond motifs is 3. The van der Waals surface area contributed by atoms with Crippen molar-refractivity contribution in [3.8, 4) is 0 Å². The molecule has 7 nitrogen and oxygen atoms in total. The topological polar surface area (TPSA) is 93.1 Å². The van der Waals surface area contributed by atoms with Crippen LogP contribution in [0.5, 0.6) is 0 Å². The molecular weight excluding hydrogens is 356 g/mol. The molecule has 1 aromatic heterocycles. The first-order valence-electron chi connectivity index (χ1n) is 9.22. The summed E-state index contributed by atoms with van der Waals surface area (Å²) < 4.78 is 1.49. The number of piperidine rings is 1. The molecule has 0 saturated carbocycles. The molecule has 1 saturated heterocycles. The molecule has 0 unspecified atom stereocenters. The normalized spacial score (nSPS) is 29.5. The Morgan fingerprint density at radius 2 is 1.82 bits per heavy atom. The second-order valence-corrected chi connectivity index (χ2v) is 7.87. The van der Waals surface area contributed by atoms with Crippen molar-refractivity contribution in [1.82, 2.24) is 14.9 Å². The molecule has 7 heteroatoms. The number of aromatic nitrogens is 2. The number of benzene rings is 2. The first kappa shape index (κ1) is 15.6. The fourth-order valence-electron chi connectivity index (χ4n) is 5.28. The minimum atomic E-state index is -1.14. The van der Waals surface area contributed by atoms with Gasteiger partial charge in [0.25, 0.3) is 5.56 Å². The van der Waals surface area contributed by atoms with Gasteiger partial charge in [-0.2, -0.15) is 0 Å². The standard InChI is InChI=1S/C21H16N4O3/c1-20-18-22-13-8-4-2-6-11(13)17(27)25(18)15(16(26)24-20)10-21(20)12-7-3-5-9-14(12)23-19(21)28/h2-9,15H,10H2,1H3,(H,23,28)(H,24,26)/t15-,20+,21+/m1/s1. The second kappa shape index (κ2) is 4.67. The van der Waals surface area contributed by atoms with Crippen LogP contribution in [0, 0.1) is 0 Å². The third-order valence-electron chi connectivity index (χ3n) is 6.62. The molecule has 4 aliphatic rings. The Balaban J connectivity index is 1.75. The summed E-state index contributed by atoms with van der Waals surface area (Å²) >= 11 is 0. The van der Waals surface area contributed by atoms with E-state index in [1.807, 2.05) is 30.3 Å². The number of amides is 2. The number of carbonyl (C=O) groups excluding carboxylic acids is 2. The van der Waals surface area contributed by atoms with E-state index in [2.05, 4.69) is 10.6 Å². The minimum absolute atomic E-state index is 0.171. The van der Waals surface area contributed by atoms with Gasteiger partial charge in [-0.15, -0.1) is 0 Å². The van der Waals surface area contributed by atoms with Crippen molar-refractivity contribution in [3.63, 3.8) is 0 Å². The maximum Gasteiger partial charge on any atom is 0.262 e. The first-order chi connectivity index (χ1) is 13.5. The number of hydrogen-bond acceptors (Lipinski definition) is 4. The molecule has 0 radical (unpaired) electrons. The average Bonchev–Trinajstić information content (AvgIpc) is 2.97. The Kier molecular flexibility index (Phi) is 2.60. The smallest absolute Gasteiger partial charge is 0.262 e. The van der Waals surface area contributed by atoms with Crippen LogP contribution in [-0.4, -0.2) is 21.4 Å². The second-order valence-electron chi connectivity index (χ2n) is 7.87. The van der Waals surface area contributed by atoms with Crippen LogP contribution in [0.2, 0.25) is 0 Å². The van der Waals surface area contributed by atoms with E-state index in [1.54, 1.807) is 25.1 Å². The Morgan fingerprint density at radius 3 is 2.68 bits per heavy atom. The monoisotopic (exact) mass is 372 g/mol. The highest BCUT2D eigenvalue weighted by molar-refractivity contribution is 6.09. The lowest BCUT2D eigenvalue weighted by Gasteiger charge is -2.55. The highest BCUT2D eigenvalue weighted by Crippen LogP contribution is 2.58. The Morgan fingerprint density at radius 1 is 1.07 bits per heavy atom. The molecule has 4 aliphatic heterocycles. The third kappa shape index (κ3) is 1.50. The van der Waals surface area contributed by atoms with Gasteiger partial charge in [0.1, 0.15) is 22.8 Å². The molecule has 138 valence electrons. The number of rotatable bonds is 0. The van der Waals surface area contributed by atoms with Gasteiger partial charge in [-0.3, -0.25) is 19.0 Å². The molecule has 5 heterocycles. The van der Waals surface area contributed by atoms with Crippen molar-refractivity contribution in [3.05, 3.63) is 70.3 Å². The van der Waals surface area contributed by atoms with Crippen molar-refractivity contribution in [2.75, 3.05) is 5.32 Å². The molecular formula is C21H16N4O3. The summed E-state index contributed by atoms with van der Waals surface area (Å²) in [6.45, 7) is 1.80. The van der Waals surface area contributed by atoms with Gasteiger partial charge in [-0.25, -0.2) is 4.98 Å². The molecule has 2 amide bonds. The number of para-hydroxylation sites is 2. The van der Waals surface area contributed by atoms with Crippen molar-refractivity contribution >= 4 is 28.4 Å². The molecule has 2 bridgehead atoms. The van der Waals surface area contributed by atoms with Crippen LogP contribution in [0.1, 0.15) is 30.8 Å². The lowest BCUT2D eigenvalue weighted by Crippen LogP contribution is -2.72. The van der Waals surface area contributed by atoms with Gasteiger partial charge < -0.3 is 10.6 Å². The zero-order chi connectivity index (χ0) is 19.3. The van der Waals surface area contributed by atoms with Gasteiger partial charge in [0.05, 0.1) is 10.9 Å². The van der Waals surface area contributed by atoms with E-state index >= 15 is 0 Å². The van der Waals surface area contributed by atoms with E-state index in [0.29, 0.717) is 16.7 Å². The number of anilines is 1. The summed E-state index contributed by atoms with van der Waals surface area (Å²) in [5, 5.41) is 6.46. The van der Waals surface area contributed by atoms with Crippen molar-refractivity contribution < 1.29 is 9.59 Å². The van der Waals surface area contributed by atoms with E-state index < -0.39 is 17.0 Å². The largest absolute Gasteiger partial charge is 0.340 e. The Labute approximate surface area is 159 Å². The summed E-state index contributed by atoms with van der Waals surface area (Å²) in [7, 11) is 0. The van der Waals surface area contributed by atoms with E-state index in [4.69, 9.17) is 4.98 Å². The molecule has 2 aromatic carbocycles. The fraction of sp³-hybridized carbons (Fsp3) is 0.238. The maximum atomic E-state index is 13.3. The van der Waals surface area contributed by atoms with Crippen LogP contribution in [-0.2, 0) is 20.5 Å². The summed E-state index contributed by atoms with van der Waals surface area (Å²) in [5.41, 5.74) is -0.258. The van der Waals surface area contributed by atoms with E-state index in [-0.39, 0.29) is 23.8 Å². The van der Waals surface area contributed by atoms with Gasteiger partial charge in [0, 0.05) is 5.69 Å². The lowest BCUT2D eigenvalue weighted by molar-refractivity contribution is -0.142. The maximum absolute atomic E-state index is 13.3. The third-order valence-corrected chi connectivity index (χ3v) is 6.62. The first-order valence-corrected chi connectivity index (χ1v) is 9.22. The highest BCUT2D eigenvalue weighted by atomic mass is 16.2. The van der Waals surface area contributed by atoms with Gasteiger partial charge in [-0.05, 0) is 37.1 Å². The molecule has 1 fully saturated rings. The van der Waals surface area contributed by atoms with Gasteiger partial charge in [-0.1, -0.05) is 30.3 Å². The molecule has 0 aliphatic carbocycles. The molecule has 2 N–H and O–H groups in total. The molecule has 7 rings (SSSR count). The van der Waals surface area contributed by atoms with Crippen LogP contribution in [0.4, 0.5) is 5.69 Å². The van der Waals surface area contributed by atoms with E-state index in [9.17, 15) is 14.4 Å². The quantitative estimate of drug-likeness (QED) is 0.627. The van der Waals surface area contributed by atoms with Crippen molar-refractivity contribution in [2.24, 2.45) is 0 Å². The minimum Gasteiger partial charge on any atom is -0.340 e. The van der Waals surface area contributed by atoms with Crippen molar-refractivity contribution in [2.45, 2.75) is 30.3 Å². The molecule has 3 aromatic rings. The van der Waals surface area contributed by atoms with Crippen LogP contribution < -0.4 is 16.2 Å². The predicted molar refractivity (Wildman–Crippen MR) is 102 cm³/mol. The average molecular weight is 372 g/mol. The summed E-state index contributed by atoms with van der Waals surface area (Å²) in [5.74, 6) is 0.00532. The number of hydrogen-bond donors (Lipinski definition) is 2. The van der Waals surface area contributed by atoms with Gasteiger partial charge in [0.15, 0.2) is 0 Å². The Hall–Kier alpha value is -3.48. The van der Waals surface area contributed by atoms with Crippen LogP contribution in [0.25, 0.3) is 10.9 Å². The van der Waals surface area contributed by atoms with E-state index in [0.717, 1.165) is 11.3 Å². The predicted octanol–water partition coefficient (Wildman–Crippen LogP) is 1.58. The number of nitrogens with zero attached hydrogens (tertiary/aromatic N) is 2. The molecule has 1 spiro atoms. The highest BCUT2D eigenvalue weighted by Gasteiger charge is 2.69. The zero-order valence-corrected chi connectivity index (χ0v) is 15.0. The molecule has 3 atom stereocenters. The summed E-state index contributed by atoms with van der Waals surface area (Å²) in [4.78, 5) is 44.1. The summed E-state index contributed by atoms with van der Waals surface area (Å²) in [6, 6.07) is 13.8. The van der Waals surface area contributed by atoms with Gasteiger partial charge in [0.2, 0.25) is 11.8 Å². The zero-order valence-electron chi connectivity index (χ0n) is 15.0. The fourth-order valence-corrected chi connectivity index (χ4v) is 5.28. The van der Waals surface area contributed by atoms with Gasteiger partial charge >= 0.3 is 0 Å². The van der Waals surface area contributed by atoms with Crippen LogP contribution in [0.3, 0.4) is 0 Å². The Bertz CT molecular complexity index is 1300. The van der Waals surface area contributed by atoms with Crippen molar-refractivity contribution in [1.29, 1.82) is 0 Å². The number of nitrogens with one attached hydrogen (secondary N) is 2. The van der Waals surface area contributed by atoms with Crippen LogP contribution in [0.15, 0.2) is 53.3 Å². The lowest BCUT2D eigenvalue weighted by atomic mass is 9.58. The van der Waals surface area contributed by atoms with Crippen LogP contribution >= 0.6 is 0 Å². The van der Waals surface area contributed by atoms with E-state index in [1.165, 1.54) is 4.57 Å².